The molecule has 1 nitrogen and oxygen atoms in total. The average molecular weight is 494 g/mol. The van der Waals surface area contributed by atoms with E-state index < -0.39 is 7.92 Å². The van der Waals surface area contributed by atoms with E-state index in [0.29, 0.717) is 0 Å². The zero-order chi connectivity index (χ0) is 17.6. The number of rotatable bonds is 8. The zero-order valence-corrected chi connectivity index (χ0v) is 19.9. The predicted octanol–water partition coefficient (Wildman–Crippen LogP) is 2.41. The molecule has 0 saturated carbocycles. The van der Waals surface area contributed by atoms with E-state index >= 15 is 0 Å². The molecule has 0 spiro atoms. The van der Waals surface area contributed by atoms with Crippen molar-refractivity contribution in [1.29, 1.82) is 0 Å². The summed E-state index contributed by atoms with van der Waals surface area (Å²) in [5.74, 6) is 2.47. The van der Waals surface area contributed by atoms with Gasteiger partial charge in [0.15, 0.2) is 0 Å². The van der Waals surface area contributed by atoms with Gasteiger partial charge in [-0.05, 0) is 44.4 Å². The molecular formula is C19H26NPS3Tc+2. The van der Waals surface area contributed by atoms with Gasteiger partial charge in [0.05, 0.1) is 18.5 Å². The Morgan fingerprint density at radius 3 is 1.44 bits per heavy atom. The van der Waals surface area contributed by atoms with Crippen molar-refractivity contribution >= 4 is 56.4 Å². The maximum atomic E-state index is 5.15. The monoisotopic (exact) mass is 492 g/mol. The van der Waals surface area contributed by atoms with Gasteiger partial charge < -0.3 is 42.8 Å². The van der Waals surface area contributed by atoms with Gasteiger partial charge in [0.1, 0.15) is 0 Å². The minimum atomic E-state index is -0.655. The summed E-state index contributed by atoms with van der Waals surface area (Å²) in [5, 5.41) is 2.92. The van der Waals surface area contributed by atoms with Gasteiger partial charge in [0, 0.05) is 6.16 Å². The van der Waals surface area contributed by atoms with Crippen LogP contribution in [0.5, 0.6) is 0 Å². The van der Waals surface area contributed by atoms with E-state index in [0.717, 1.165) is 36.5 Å². The Hall–Kier alpha value is 0.529. The van der Waals surface area contributed by atoms with E-state index in [9.17, 15) is 0 Å². The fourth-order valence-corrected chi connectivity index (χ4v) is 5.80. The Morgan fingerprint density at radius 2 is 1.12 bits per heavy atom. The molecule has 0 fully saturated rings. The first-order chi connectivity index (χ1) is 11.7. The fourth-order valence-electron chi connectivity index (χ4n) is 2.26. The first-order valence-electron chi connectivity index (χ1n) is 8.12. The molecule has 0 aliphatic carbocycles. The van der Waals surface area contributed by atoms with Crippen molar-refractivity contribution in [1.82, 2.24) is 4.90 Å². The minimum absolute atomic E-state index is 0. The second-order valence-electron chi connectivity index (χ2n) is 5.38. The van der Waals surface area contributed by atoms with Gasteiger partial charge >= 0.3 is 20.1 Å². The van der Waals surface area contributed by atoms with E-state index in [-0.39, 0.29) is 20.1 Å². The first-order valence-corrected chi connectivity index (χ1v) is 11.6. The molecule has 0 N–H and O–H groups in total. The predicted molar refractivity (Wildman–Crippen MR) is 120 cm³/mol. The van der Waals surface area contributed by atoms with Gasteiger partial charge in [-0.3, -0.25) is 0 Å². The van der Waals surface area contributed by atoms with Crippen LogP contribution in [0.25, 0.3) is 0 Å². The standard InChI is InChI=1S/C14H15PS.C5H13NS2.Tc/c16-12-11-15(13-7-3-1-4-8-13)14-9-5-2-6-10-14;1-6(2-4-7)3-5-8;/h1-10,16H,11-12H2;7-8H,2-5H2,1H3;/q;;+4/p-2. The quantitative estimate of drug-likeness (QED) is 0.410. The third-order valence-electron chi connectivity index (χ3n) is 3.54. The normalized spacial score (nSPS) is 10.2. The molecule has 0 unspecified atom stereocenters. The molecule has 0 atom stereocenters. The second-order valence-corrected chi connectivity index (χ2v) is 9.21. The van der Waals surface area contributed by atoms with Crippen molar-refractivity contribution in [2.24, 2.45) is 0 Å². The summed E-state index contributed by atoms with van der Waals surface area (Å²) in [6.45, 7) is 1.98. The summed E-state index contributed by atoms with van der Waals surface area (Å²) >= 11 is 14.7. The van der Waals surface area contributed by atoms with Crippen LogP contribution in [0.3, 0.4) is 0 Å². The molecule has 0 aromatic heterocycles. The van der Waals surface area contributed by atoms with Crippen LogP contribution in [-0.2, 0) is 58.0 Å². The summed E-state index contributed by atoms with van der Waals surface area (Å²) < 4.78 is 0. The van der Waals surface area contributed by atoms with Crippen molar-refractivity contribution in [3.63, 3.8) is 0 Å². The van der Waals surface area contributed by atoms with Crippen molar-refractivity contribution in [2.75, 3.05) is 43.6 Å². The van der Waals surface area contributed by atoms with Crippen LogP contribution in [0.4, 0.5) is 0 Å². The molecule has 2 aromatic carbocycles. The molecule has 0 heterocycles. The van der Waals surface area contributed by atoms with E-state index in [1.54, 1.807) is 0 Å². The van der Waals surface area contributed by atoms with Gasteiger partial charge in [-0.1, -0.05) is 36.4 Å². The summed E-state index contributed by atoms with van der Waals surface area (Å²) in [6.07, 6.45) is 1.13. The summed E-state index contributed by atoms with van der Waals surface area (Å²) in [6, 6.07) is 21.5. The number of hydrogen-bond donors (Lipinski definition) is 0. The van der Waals surface area contributed by atoms with E-state index in [1.807, 2.05) is 7.05 Å². The van der Waals surface area contributed by atoms with Gasteiger partial charge in [0.25, 0.3) is 0 Å². The maximum absolute atomic E-state index is 5.15. The van der Waals surface area contributed by atoms with Crippen LogP contribution in [0.1, 0.15) is 0 Å². The molecule has 0 aliphatic rings. The maximum Gasteiger partial charge on any atom is 4.00 e. The van der Waals surface area contributed by atoms with Crippen LogP contribution in [-0.4, -0.2) is 48.5 Å². The SMILES string of the molecule is CN(CC[S-])CC[S-].[S-]CC[PH+](c1ccccc1)c1ccccc1.[Tc+4]. The van der Waals surface area contributed by atoms with Gasteiger partial charge in [0.2, 0.25) is 0 Å². The summed E-state index contributed by atoms with van der Waals surface area (Å²) in [5.41, 5.74) is 0. The third kappa shape index (κ3) is 11.1. The molecule has 1 radical (unpaired) electrons. The molecule has 2 rings (SSSR count). The van der Waals surface area contributed by atoms with Crippen molar-refractivity contribution in [3.8, 4) is 0 Å². The average Bonchev–Trinajstić information content (AvgIpc) is 2.62. The van der Waals surface area contributed by atoms with Crippen molar-refractivity contribution in [3.05, 3.63) is 60.7 Å². The molecule has 0 bridgehead atoms. The molecule has 0 amide bonds. The smallest absolute Gasteiger partial charge is 0.791 e. The molecule has 2 aromatic rings. The van der Waals surface area contributed by atoms with Crippen LogP contribution < -0.4 is 10.6 Å². The first kappa shape index (κ1) is 25.5. The second kappa shape index (κ2) is 16.7. The van der Waals surface area contributed by atoms with Crippen LogP contribution >= 0.6 is 7.92 Å². The largest absolute Gasteiger partial charge is 4.00 e. The Labute approximate surface area is 184 Å². The van der Waals surface area contributed by atoms with Crippen molar-refractivity contribution in [2.45, 2.75) is 0 Å². The van der Waals surface area contributed by atoms with E-state index in [1.165, 1.54) is 10.6 Å². The van der Waals surface area contributed by atoms with Crippen LogP contribution in [0.2, 0.25) is 0 Å². The molecule has 0 aliphatic heterocycles. The molecule has 0 saturated heterocycles. The van der Waals surface area contributed by atoms with Gasteiger partial charge in [-0.15, -0.1) is 5.75 Å². The van der Waals surface area contributed by atoms with Gasteiger partial charge in [-0.25, -0.2) is 0 Å². The van der Waals surface area contributed by atoms with E-state index in [2.05, 4.69) is 65.6 Å². The summed E-state index contributed by atoms with van der Waals surface area (Å²) in [7, 11) is 1.39. The van der Waals surface area contributed by atoms with E-state index in [4.69, 9.17) is 37.9 Å². The number of nitrogens with zero attached hydrogens (tertiary/aromatic N) is 1. The van der Waals surface area contributed by atoms with Crippen LogP contribution in [0, 0.1) is 0 Å². The Morgan fingerprint density at radius 1 is 0.720 bits per heavy atom. The van der Waals surface area contributed by atoms with Crippen LogP contribution in [0.15, 0.2) is 60.7 Å². The molecule has 6 heteroatoms. The zero-order valence-electron chi connectivity index (χ0n) is 14.6. The Kier molecular flexibility index (Phi) is 17.0. The van der Waals surface area contributed by atoms with Crippen molar-refractivity contribution < 1.29 is 20.1 Å². The minimum Gasteiger partial charge on any atom is -0.791 e. The molecule has 135 valence electrons. The van der Waals surface area contributed by atoms with Gasteiger partial charge in [-0.2, -0.15) is 11.5 Å². The summed E-state index contributed by atoms with van der Waals surface area (Å²) in [4.78, 5) is 2.15. The third-order valence-corrected chi connectivity index (χ3v) is 7.28. The molecular weight excluding hydrogens is 467 g/mol. The number of benzene rings is 2. The molecule has 25 heavy (non-hydrogen) atoms. The topological polar surface area (TPSA) is 3.24 Å². The Balaban J connectivity index is 0.000000552. The number of hydrogen-bond acceptors (Lipinski definition) is 4. The Bertz CT molecular complexity index is 485. The fraction of sp³-hybridized carbons (Fsp3) is 0.368.